The molecule has 3 heteroatoms. The largest absolute Gasteiger partial charge is 0.309 e. The van der Waals surface area contributed by atoms with Crippen molar-refractivity contribution in [2.45, 2.75) is 0 Å². The molecular formula is C50H30N2S. The van der Waals surface area contributed by atoms with E-state index in [2.05, 4.69) is 191 Å². The quantitative estimate of drug-likeness (QED) is 0.175. The average molecular weight is 691 g/mol. The maximum atomic E-state index is 2.48. The van der Waals surface area contributed by atoms with E-state index < -0.39 is 0 Å². The van der Waals surface area contributed by atoms with Crippen LogP contribution in [-0.4, -0.2) is 9.13 Å². The zero-order valence-corrected chi connectivity index (χ0v) is 29.4. The molecule has 2 nitrogen and oxygen atoms in total. The van der Waals surface area contributed by atoms with E-state index in [1.165, 1.54) is 96.5 Å². The van der Waals surface area contributed by atoms with Gasteiger partial charge in [0.25, 0.3) is 0 Å². The Hall–Kier alpha value is -6.68. The van der Waals surface area contributed by atoms with Crippen molar-refractivity contribution in [3.8, 4) is 22.5 Å². The van der Waals surface area contributed by atoms with Crippen LogP contribution in [0.25, 0.3) is 108 Å². The molecule has 0 atom stereocenters. The molecular weight excluding hydrogens is 661 g/mol. The third kappa shape index (κ3) is 4.08. The number of fused-ring (bicyclic) bond motifs is 12. The second-order valence-electron chi connectivity index (χ2n) is 14.1. The van der Waals surface area contributed by atoms with Crippen LogP contribution in [0.15, 0.2) is 182 Å². The molecule has 0 spiro atoms. The lowest BCUT2D eigenvalue weighted by Gasteiger charge is -2.14. The number of aromatic nitrogens is 2. The Morgan fingerprint density at radius 3 is 1.89 bits per heavy atom. The van der Waals surface area contributed by atoms with Crippen LogP contribution in [0.4, 0.5) is 0 Å². The minimum absolute atomic E-state index is 1.15. The highest BCUT2D eigenvalue weighted by Gasteiger charge is 2.21. The summed E-state index contributed by atoms with van der Waals surface area (Å²) in [6.07, 6.45) is 0. The standard InChI is InChI=1S/C50H30N2S/c1-2-16-34(17-3-1)51-43-26-25-31-13-4-6-19-36(31)49(43)41-29-40-38-21-8-10-23-42(38)52(44(40)30-45(41)51)35-18-12-15-33(27-35)48-37-20-7-5-14-32(37)28-47-50(48)39-22-9-11-24-46(39)53-47/h1-30H. The van der Waals surface area contributed by atoms with Crippen molar-refractivity contribution in [2.75, 3.05) is 0 Å². The number of para-hydroxylation sites is 2. The molecule has 0 N–H and O–H groups in total. The Kier molecular flexibility index (Phi) is 5.96. The molecule has 12 rings (SSSR count). The van der Waals surface area contributed by atoms with Crippen LogP contribution in [0.1, 0.15) is 0 Å². The van der Waals surface area contributed by atoms with Gasteiger partial charge in [0.2, 0.25) is 0 Å². The molecule has 12 aromatic rings. The van der Waals surface area contributed by atoms with Crippen LogP contribution in [-0.2, 0) is 0 Å². The van der Waals surface area contributed by atoms with Crippen molar-refractivity contribution in [1.29, 1.82) is 0 Å². The second-order valence-corrected chi connectivity index (χ2v) is 15.2. The normalized spacial score (nSPS) is 12.2. The van der Waals surface area contributed by atoms with Crippen molar-refractivity contribution in [2.24, 2.45) is 0 Å². The predicted octanol–water partition coefficient (Wildman–Crippen LogP) is 14.2. The van der Waals surface area contributed by atoms with E-state index >= 15 is 0 Å². The first-order valence-corrected chi connectivity index (χ1v) is 19.0. The second kappa shape index (κ2) is 10.9. The number of hydrogen-bond donors (Lipinski definition) is 0. The van der Waals surface area contributed by atoms with Crippen molar-refractivity contribution in [3.05, 3.63) is 182 Å². The summed E-state index contributed by atoms with van der Waals surface area (Å²) in [6.45, 7) is 0. The summed E-state index contributed by atoms with van der Waals surface area (Å²) in [5.41, 5.74) is 9.67. The zero-order valence-electron chi connectivity index (χ0n) is 28.6. The molecule has 0 amide bonds. The summed E-state index contributed by atoms with van der Waals surface area (Å²) in [4.78, 5) is 0. The molecule has 0 radical (unpaired) electrons. The molecule has 9 aromatic carbocycles. The minimum atomic E-state index is 1.15. The lowest BCUT2D eigenvalue weighted by atomic mass is 9.93. The molecule has 246 valence electrons. The molecule has 0 aliphatic carbocycles. The minimum Gasteiger partial charge on any atom is -0.309 e. The van der Waals surface area contributed by atoms with E-state index in [4.69, 9.17) is 0 Å². The first kappa shape index (κ1) is 29.0. The van der Waals surface area contributed by atoms with Crippen molar-refractivity contribution < 1.29 is 0 Å². The van der Waals surface area contributed by atoms with Gasteiger partial charge in [0.05, 0.1) is 22.1 Å². The number of thiophene rings is 1. The molecule has 53 heavy (non-hydrogen) atoms. The summed E-state index contributed by atoms with van der Waals surface area (Å²) >= 11 is 1.89. The first-order chi connectivity index (χ1) is 26.3. The Balaban J connectivity index is 1.19. The highest BCUT2D eigenvalue weighted by molar-refractivity contribution is 7.26. The number of benzene rings is 9. The van der Waals surface area contributed by atoms with Gasteiger partial charge in [-0.25, -0.2) is 0 Å². The summed E-state index contributed by atoms with van der Waals surface area (Å²) in [6, 6.07) is 67.2. The molecule has 0 unspecified atom stereocenters. The Morgan fingerprint density at radius 1 is 0.321 bits per heavy atom. The highest BCUT2D eigenvalue weighted by atomic mass is 32.1. The Labute approximate surface area is 309 Å². The maximum absolute atomic E-state index is 2.48. The molecule has 0 fully saturated rings. The topological polar surface area (TPSA) is 9.86 Å². The van der Waals surface area contributed by atoms with Gasteiger partial charge in [-0.2, -0.15) is 0 Å². The number of nitrogens with zero attached hydrogens (tertiary/aromatic N) is 2. The van der Waals surface area contributed by atoms with Crippen LogP contribution >= 0.6 is 11.3 Å². The lowest BCUT2D eigenvalue weighted by molar-refractivity contribution is 1.17. The molecule has 0 saturated carbocycles. The van der Waals surface area contributed by atoms with Crippen molar-refractivity contribution >= 4 is 96.7 Å². The van der Waals surface area contributed by atoms with E-state index in [1.807, 2.05) is 11.3 Å². The van der Waals surface area contributed by atoms with E-state index in [1.54, 1.807) is 0 Å². The van der Waals surface area contributed by atoms with Crippen molar-refractivity contribution in [3.63, 3.8) is 0 Å². The van der Waals surface area contributed by atoms with Crippen LogP contribution < -0.4 is 0 Å². The zero-order chi connectivity index (χ0) is 34.6. The molecule has 3 aromatic heterocycles. The van der Waals surface area contributed by atoms with Gasteiger partial charge in [-0.15, -0.1) is 11.3 Å². The van der Waals surface area contributed by atoms with E-state index in [9.17, 15) is 0 Å². The maximum Gasteiger partial charge on any atom is 0.0562 e. The highest BCUT2D eigenvalue weighted by Crippen LogP contribution is 2.46. The summed E-state index contributed by atoms with van der Waals surface area (Å²) in [5, 5.41) is 12.8. The van der Waals surface area contributed by atoms with Crippen LogP contribution in [0.3, 0.4) is 0 Å². The smallest absolute Gasteiger partial charge is 0.0562 e. The Morgan fingerprint density at radius 2 is 1.00 bits per heavy atom. The van der Waals surface area contributed by atoms with E-state index in [0.29, 0.717) is 0 Å². The van der Waals surface area contributed by atoms with Gasteiger partial charge in [0.1, 0.15) is 0 Å². The van der Waals surface area contributed by atoms with Crippen LogP contribution in [0, 0.1) is 0 Å². The summed E-state index contributed by atoms with van der Waals surface area (Å²) in [5.74, 6) is 0. The van der Waals surface area contributed by atoms with Gasteiger partial charge >= 0.3 is 0 Å². The average Bonchev–Trinajstić information content (AvgIpc) is 3.86. The van der Waals surface area contributed by atoms with Gasteiger partial charge in [-0.1, -0.05) is 121 Å². The molecule has 0 saturated heterocycles. The van der Waals surface area contributed by atoms with Gasteiger partial charge < -0.3 is 9.13 Å². The summed E-state index contributed by atoms with van der Waals surface area (Å²) < 4.78 is 7.57. The molecule has 0 bridgehead atoms. The van der Waals surface area contributed by atoms with Crippen LogP contribution in [0.2, 0.25) is 0 Å². The van der Waals surface area contributed by atoms with Gasteiger partial charge in [0.15, 0.2) is 0 Å². The number of rotatable bonds is 3. The summed E-state index contributed by atoms with van der Waals surface area (Å²) in [7, 11) is 0. The van der Waals surface area contributed by atoms with Crippen molar-refractivity contribution in [1.82, 2.24) is 9.13 Å². The fourth-order valence-electron chi connectivity index (χ4n) is 9.03. The van der Waals surface area contributed by atoms with Gasteiger partial charge in [-0.3, -0.25) is 0 Å². The third-order valence-corrected chi connectivity index (χ3v) is 12.4. The Bertz CT molecular complexity index is 3450. The molecule has 0 aliphatic rings. The molecule has 0 aliphatic heterocycles. The third-order valence-electron chi connectivity index (χ3n) is 11.2. The van der Waals surface area contributed by atoms with Gasteiger partial charge in [0, 0.05) is 53.1 Å². The lowest BCUT2D eigenvalue weighted by Crippen LogP contribution is -1.96. The van der Waals surface area contributed by atoms with E-state index in [-0.39, 0.29) is 0 Å². The van der Waals surface area contributed by atoms with Gasteiger partial charge in [-0.05, 0) is 93.3 Å². The SMILES string of the molecule is c1ccc(-n2c3cc4c(cc3c3c5ccccc5ccc32)c2ccccc2n4-c2cccc(-c3c4ccccc4cc4sc5ccccc5c34)c2)cc1. The van der Waals surface area contributed by atoms with Crippen LogP contribution in [0.5, 0.6) is 0 Å². The predicted molar refractivity (Wildman–Crippen MR) is 228 cm³/mol. The fraction of sp³-hybridized carbons (Fsp3) is 0. The number of hydrogen-bond acceptors (Lipinski definition) is 1. The van der Waals surface area contributed by atoms with E-state index in [0.717, 1.165) is 11.4 Å². The fourth-order valence-corrected chi connectivity index (χ4v) is 10.2. The monoisotopic (exact) mass is 690 g/mol. The first-order valence-electron chi connectivity index (χ1n) is 18.2. The molecule has 3 heterocycles.